The fraction of sp³-hybridized carbons (Fsp3) is 0.643. The summed E-state index contributed by atoms with van der Waals surface area (Å²) < 4.78 is 0. The van der Waals surface area contributed by atoms with Gasteiger partial charge in [0.15, 0.2) is 0 Å². The second-order valence-corrected chi connectivity index (χ2v) is 6.11. The van der Waals surface area contributed by atoms with Crippen LogP contribution in [0, 0.1) is 5.92 Å². The third kappa shape index (κ3) is 6.18. The molecular weight excluding hydrogens is 240 g/mol. The summed E-state index contributed by atoms with van der Waals surface area (Å²) in [4.78, 5) is 20.2. The molecule has 1 amide bonds. The first kappa shape index (κ1) is 15.4. The van der Waals surface area contributed by atoms with Crippen molar-refractivity contribution in [2.45, 2.75) is 46.6 Å². The first-order chi connectivity index (χ1) is 8.78. The Morgan fingerprint density at radius 1 is 1.26 bits per heavy atom. The molecule has 1 aromatic heterocycles. The van der Waals surface area contributed by atoms with Crippen LogP contribution in [0.3, 0.4) is 0 Å². The van der Waals surface area contributed by atoms with Crippen LogP contribution in [0.5, 0.6) is 0 Å². The molecule has 19 heavy (non-hydrogen) atoms. The van der Waals surface area contributed by atoms with Crippen molar-refractivity contribution in [2.75, 3.05) is 11.9 Å². The van der Waals surface area contributed by atoms with Crippen molar-refractivity contribution in [3.8, 4) is 0 Å². The van der Waals surface area contributed by atoms with Crippen LogP contribution in [0.2, 0.25) is 0 Å². The Balaban J connectivity index is 2.54. The summed E-state index contributed by atoms with van der Waals surface area (Å²) >= 11 is 0. The van der Waals surface area contributed by atoms with E-state index in [4.69, 9.17) is 0 Å². The lowest BCUT2D eigenvalue weighted by Gasteiger charge is -2.20. The van der Waals surface area contributed by atoms with Crippen LogP contribution >= 0.6 is 0 Å². The van der Waals surface area contributed by atoms with Gasteiger partial charge in [0.05, 0.1) is 5.56 Å². The van der Waals surface area contributed by atoms with Crippen molar-refractivity contribution in [1.29, 1.82) is 0 Å². The molecule has 2 N–H and O–H groups in total. The molecular formula is C14H24N4O. The molecule has 0 unspecified atom stereocenters. The van der Waals surface area contributed by atoms with E-state index in [-0.39, 0.29) is 11.4 Å². The number of hydrogen-bond donors (Lipinski definition) is 2. The Hall–Kier alpha value is -1.65. The lowest BCUT2D eigenvalue weighted by atomic mass is 10.1. The number of nitrogens with one attached hydrogen (secondary N) is 2. The standard InChI is InChI=1S/C14H24N4O/c1-10(2)6-7-15-13-16-8-11(9-17-13)12(19)18-14(3,4)5/h8-10H,6-7H2,1-5H3,(H,18,19)(H,15,16,17). The summed E-state index contributed by atoms with van der Waals surface area (Å²) in [5, 5.41) is 6.01. The minimum absolute atomic E-state index is 0.152. The smallest absolute Gasteiger partial charge is 0.254 e. The molecule has 1 rings (SSSR count). The lowest BCUT2D eigenvalue weighted by Crippen LogP contribution is -2.40. The first-order valence-corrected chi connectivity index (χ1v) is 6.66. The number of carbonyl (C=O) groups excluding carboxylic acids is 1. The summed E-state index contributed by atoms with van der Waals surface area (Å²) in [6.45, 7) is 11.0. The minimum atomic E-state index is -0.259. The predicted molar refractivity (Wildman–Crippen MR) is 77.2 cm³/mol. The highest BCUT2D eigenvalue weighted by Gasteiger charge is 2.15. The van der Waals surface area contributed by atoms with Crippen molar-refractivity contribution in [3.05, 3.63) is 18.0 Å². The van der Waals surface area contributed by atoms with Gasteiger partial charge < -0.3 is 10.6 Å². The van der Waals surface area contributed by atoms with Crippen LogP contribution in [-0.2, 0) is 0 Å². The van der Waals surface area contributed by atoms with Gasteiger partial charge in [-0.3, -0.25) is 4.79 Å². The molecule has 1 aromatic rings. The Morgan fingerprint density at radius 2 is 1.84 bits per heavy atom. The SMILES string of the molecule is CC(C)CCNc1ncc(C(=O)NC(C)(C)C)cn1. The summed E-state index contributed by atoms with van der Waals surface area (Å²) in [6.07, 6.45) is 4.16. The van der Waals surface area contributed by atoms with E-state index >= 15 is 0 Å². The molecule has 5 heteroatoms. The fourth-order valence-corrected chi connectivity index (χ4v) is 1.42. The molecule has 0 radical (unpaired) electrons. The first-order valence-electron chi connectivity index (χ1n) is 6.66. The Labute approximate surface area is 115 Å². The van der Waals surface area contributed by atoms with Crippen LogP contribution in [-0.4, -0.2) is 28.0 Å². The largest absolute Gasteiger partial charge is 0.354 e. The van der Waals surface area contributed by atoms with Gasteiger partial charge in [0.1, 0.15) is 0 Å². The van der Waals surface area contributed by atoms with Crippen molar-refractivity contribution in [3.63, 3.8) is 0 Å². The van der Waals surface area contributed by atoms with Gasteiger partial charge in [-0.15, -0.1) is 0 Å². The van der Waals surface area contributed by atoms with Gasteiger partial charge in [-0.05, 0) is 33.1 Å². The third-order valence-electron chi connectivity index (χ3n) is 2.41. The van der Waals surface area contributed by atoms with Crippen molar-refractivity contribution < 1.29 is 4.79 Å². The van der Waals surface area contributed by atoms with E-state index in [1.165, 1.54) is 0 Å². The Bertz CT molecular complexity index is 406. The third-order valence-corrected chi connectivity index (χ3v) is 2.41. The second kappa shape index (κ2) is 6.50. The van der Waals surface area contributed by atoms with Crippen LogP contribution in [0.25, 0.3) is 0 Å². The zero-order chi connectivity index (χ0) is 14.5. The predicted octanol–water partition coefficient (Wildman–Crippen LogP) is 2.46. The number of aromatic nitrogens is 2. The Kier molecular flexibility index (Phi) is 5.27. The molecule has 106 valence electrons. The summed E-state index contributed by atoms with van der Waals surface area (Å²) in [5.74, 6) is 1.05. The van der Waals surface area contributed by atoms with Gasteiger partial charge in [0, 0.05) is 24.5 Å². The van der Waals surface area contributed by atoms with E-state index in [2.05, 4.69) is 34.4 Å². The van der Waals surface area contributed by atoms with Gasteiger partial charge >= 0.3 is 0 Å². The average molecular weight is 264 g/mol. The van der Waals surface area contributed by atoms with Crippen LogP contribution in [0.4, 0.5) is 5.95 Å². The lowest BCUT2D eigenvalue weighted by molar-refractivity contribution is 0.0919. The molecule has 0 atom stereocenters. The van der Waals surface area contributed by atoms with E-state index in [9.17, 15) is 4.79 Å². The molecule has 0 fully saturated rings. The molecule has 5 nitrogen and oxygen atoms in total. The van der Waals surface area contributed by atoms with Gasteiger partial charge in [-0.25, -0.2) is 9.97 Å². The molecule has 0 bridgehead atoms. The van der Waals surface area contributed by atoms with E-state index in [1.807, 2.05) is 20.8 Å². The second-order valence-electron chi connectivity index (χ2n) is 6.11. The van der Waals surface area contributed by atoms with Gasteiger partial charge in [0.2, 0.25) is 5.95 Å². The number of carbonyl (C=O) groups is 1. The fourth-order valence-electron chi connectivity index (χ4n) is 1.42. The van der Waals surface area contributed by atoms with Gasteiger partial charge in [0.25, 0.3) is 5.91 Å². The average Bonchev–Trinajstić information content (AvgIpc) is 2.27. The van der Waals surface area contributed by atoms with E-state index in [0.717, 1.165) is 13.0 Å². The number of anilines is 1. The van der Waals surface area contributed by atoms with Crippen molar-refractivity contribution in [1.82, 2.24) is 15.3 Å². The highest BCUT2D eigenvalue weighted by Crippen LogP contribution is 2.05. The quantitative estimate of drug-likeness (QED) is 0.857. The number of amides is 1. The highest BCUT2D eigenvalue weighted by atomic mass is 16.1. The Morgan fingerprint density at radius 3 is 2.32 bits per heavy atom. The van der Waals surface area contributed by atoms with Crippen LogP contribution < -0.4 is 10.6 Å². The monoisotopic (exact) mass is 264 g/mol. The van der Waals surface area contributed by atoms with Crippen molar-refractivity contribution in [2.24, 2.45) is 5.92 Å². The van der Waals surface area contributed by atoms with E-state index in [0.29, 0.717) is 17.4 Å². The maximum absolute atomic E-state index is 11.9. The minimum Gasteiger partial charge on any atom is -0.354 e. The molecule has 0 aromatic carbocycles. The van der Waals surface area contributed by atoms with Crippen LogP contribution in [0.15, 0.2) is 12.4 Å². The summed E-state index contributed by atoms with van der Waals surface area (Å²) in [6, 6.07) is 0. The van der Waals surface area contributed by atoms with Gasteiger partial charge in [-0.2, -0.15) is 0 Å². The highest BCUT2D eigenvalue weighted by molar-refractivity contribution is 5.94. The topological polar surface area (TPSA) is 66.9 Å². The molecule has 1 heterocycles. The molecule has 0 aliphatic heterocycles. The molecule has 0 aliphatic rings. The van der Waals surface area contributed by atoms with Crippen molar-refractivity contribution >= 4 is 11.9 Å². The van der Waals surface area contributed by atoms with Gasteiger partial charge in [-0.1, -0.05) is 13.8 Å². The zero-order valence-electron chi connectivity index (χ0n) is 12.4. The number of rotatable bonds is 5. The maximum atomic E-state index is 11.9. The number of hydrogen-bond acceptors (Lipinski definition) is 4. The van der Waals surface area contributed by atoms with E-state index in [1.54, 1.807) is 12.4 Å². The van der Waals surface area contributed by atoms with Crippen LogP contribution in [0.1, 0.15) is 51.4 Å². The molecule has 0 saturated carbocycles. The van der Waals surface area contributed by atoms with E-state index < -0.39 is 0 Å². The zero-order valence-corrected chi connectivity index (χ0v) is 12.4. The normalized spacial score (nSPS) is 11.5. The molecule has 0 saturated heterocycles. The summed E-state index contributed by atoms with van der Waals surface area (Å²) in [5.41, 5.74) is 0.218. The molecule has 0 aliphatic carbocycles. The summed E-state index contributed by atoms with van der Waals surface area (Å²) in [7, 11) is 0. The molecule has 0 spiro atoms. The maximum Gasteiger partial charge on any atom is 0.254 e. The number of nitrogens with zero attached hydrogens (tertiary/aromatic N) is 2.